The van der Waals surface area contributed by atoms with E-state index < -0.39 is 6.10 Å². The van der Waals surface area contributed by atoms with Gasteiger partial charge in [-0.3, -0.25) is 9.58 Å². The van der Waals surface area contributed by atoms with E-state index in [1.807, 2.05) is 17.8 Å². The van der Waals surface area contributed by atoms with Gasteiger partial charge in [-0.15, -0.1) is 0 Å². The summed E-state index contributed by atoms with van der Waals surface area (Å²) in [5.41, 5.74) is 1.93. The van der Waals surface area contributed by atoms with Gasteiger partial charge < -0.3 is 5.11 Å². The summed E-state index contributed by atoms with van der Waals surface area (Å²) in [4.78, 5) is 2.34. The highest BCUT2D eigenvalue weighted by Gasteiger charge is 2.25. The number of aliphatic hydroxyl groups excluding tert-OH is 1. The topological polar surface area (TPSA) is 41.3 Å². The maximum atomic E-state index is 13.0. The minimum atomic E-state index is -0.587. The fourth-order valence-corrected chi connectivity index (χ4v) is 3.30. The smallest absolute Gasteiger partial charge is 0.123 e. The molecule has 2 aromatic rings. The summed E-state index contributed by atoms with van der Waals surface area (Å²) in [5, 5.41) is 14.8. The predicted octanol–water partition coefficient (Wildman–Crippen LogP) is 2.92. The minimum Gasteiger partial charge on any atom is -0.387 e. The van der Waals surface area contributed by atoms with E-state index in [9.17, 15) is 9.50 Å². The number of hydrogen-bond acceptors (Lipinski definition) is 3. The van der Waals surface area contributed by atoms with Crippen LogP contribution in [0.25, 0.3) is 0 Å². The second-order valence-corrected chi connectivity index (χ2v) is 6.45. The van der Waals surface area contributed by atoms with E-state index in [4.69, 9.17) is 0 Å². The first-order valence-electron chi connectivity index (χ1n) is 8.28. The molecule has 3 rings (SSSR count). The monoisotopic (exact) mass is 317 g/mol. The van der Waals surface area contributed by atoms with Crippen LogP contribution in [0.2, 0.25) is 0 Å². The normalized spacial score (nSPS) is 20.6. The van der Waals surface area contributed by atoms with E-state index >= 15 is 0 Å². The number of benzene rings is 1. The standard InChI is InChI=1S/C18H24FN3O/c1-14-10-20-22(11-14)12-17-4-2-3-9-21(17)13-18(23)15-5-7-16(19)8-6-15/h5-8,10-11,17-18,23H,2-4,9,12-13H2,1H3/t17-,18+/m0/s1. The third-order valence-electron chi connectivity index (χ3n) is 4.57. The number of halogens is 1. The van der Waals surface area contributed by atoms with E-state index in [1.54, 1.807) is 12.1 Å². The maximum Gasteiger partial charge on any atom is 0.123 e. The molecule has 4 nitrogen and oxygen atoms in total. The third-order valence-corrected chi connectivity index (χ3v) is 4.57. The molecule has 0 bridgehead atoms. The average Bonchev–Trinajstić information content (AvgIpc) is 2.95. The molecule has 0 aliphatic carbocycles. The second kappa shape index (κ2) is 7.23. The molecule has 0 radical (unpaired) electrons. The summed E-state index contributed by atoms with van der Waals surface area (Å²) in [6.07, 6.45) is 6.84. The Bertz CT molecular complexity index is 625. The Kier molecular flexibility index (Phi) is 5.08. The van der Waals surface area contributed by atoms with Crippen LogP contribution < -0.4 is 0 Å². The van der Waals surface area contributed by atoms with Gasteiger partial charge in [-0.1, -0.05) is 18.6 Å². The molecule has 5 heteroatoms. The molecular formula is C18H24FN3O. The van der Waals surface area contributed by atoms with Crippen LogP contribution in [0, 0.1) is 12.7 Å². The lowest BCUT2D eigenvalue weighted by Gasteiger charge is -2.37. The fourth-order valence-electron chi connectivity index (χ4n) is 3.30. The number of rotatable bonds is 5. The number of aliphatic hydroxyl groups is 1. The lowest BCUT2D eigenvalue weighted by Crippen LogP contribution is -2.44. The summed E-state index contributed by atoms with van der Waals surface area (Å²) >= 11 is 0. The molecule has 0 unspecified atom stereocenters. The van der Waals surface area contributed by atoms with Gasteiger partial charge >= 0.3 is 0 Å². The van der Waals surface area contributed by atoms with Gasteiger partial charge in [-0.2, -0.15) is 5.10 Å². The molecule has 1 aliphatic rings. The number of β-amino-alcohol motifs (C(OH)–C–C–N with tert-alkyl or cyclic N) is 1. The Morgan fingerprint density at radius 1 is 1.30 bits per heavy atom. The Hall–Kier alpha value is -1.72. The van der Waals surface area contributed by atoms with E-state index in [-0.39, 0.29) is 5.82 Å². The Morgan fingerprint density at radius 3 is 2.78 bits per heavy atom. The Labute approximate surface area is 136 Å². The van der Waals surface area contributed by atoms with Crippen LogP contribution >= 0.6 is 0 Å². The SMILES string of the molecule is Cc1cnn(C[C@@H]2CCCCN2C[C@@H](O)c2ccc(F)cc2)c1. The van der Waals surface area contributed by atoms with Crippen LogP contribution in [0.5, 0.6) is 0 Å². The van der Waals surface area contributed by atoms with Crippen LogP contribution in [0.1, 0.15) is 36.5 Å². The third kappa shape index (κ3) is 4.18. The lowest BCUT2D eigenvalue weighted by atomic mass is 10.00. The van der Waals surface area contributed by atoms with Gasteiger partial charge in [0.2, 0.25) is 0 Å². The highest BCUT2D eigenvalue weighted by Crippen LogP contribution is 2.23. The number of aryl methyl sites for hydroxylation is 1. The molecular weight excluding hydrogens is 293 g/mol. The van der Waals surface area contributed by atoms with E-state index in [0.717, 1.165) is 31.5 Å². The Balaban J connectivity index is 1.64. The summed E-state index contributed by atoms with van der Waals surface area (Å²) in [5.74, 6) is -0.272. The zero-order valence-electron chi connectivity index (χ0n) is 13.5. The van der Waals surface area contributed by atoms with Gasteiger partial charge in [-0.05, 0) is 49.6 Å². The van der Waals surface area contributed by atoms with Crippen molar-refractivity contribution in [2.75, 3.05) is 13.1 Å². The van der Waals surface area contributed by atoms with Gasteiger partial charge in [0, 0.05) is 18.8 Å². The van der Waals surface area contributed by atoms with Crippen molar-refractivity contribution in [1.82, 2.24) is 14.7 Å². The van der Waals surface area contributed by atoms with Gasteiger partial charge in [0.1, 0.15) is 5.82 Å². The molecule has 0 spiro atoms. The second-order valence-electron chi connectivity index (χ2n) is 6.45. The van der Waals surface area contributed by atoms with Crippen LogP contribution in [0.3, 0.4) is 0 Å². The lowest BCUT2D eigenvalue weighted by molar-refractivity contribution is 0.0591. The van der Waals surface area contributed by atoms with Crippen molar-refractivity contribution in [3.8, 4) is 0 Å². The summed E-state index contributed by atoms with van der Waals surface area (Å²) in [6, 6.07) is 6.52. The predicted molar refractivity (Wildman–Crippen MR) is 87.5 cm³/mol. The quantitative estimate of drug-likeness (QED) is 0.922. The molecule has 23 heavy (non-hydrogen) atoms. The first-order chi connectivity index (χ1) is 11.1. The van der Waals surface area contributed by atoms with E-state index in [0.29, 0.717) is 12.6 Å². The number of nitrogens with zero attached hydrogens (tertiary/aromatic N) is 3. The van der Waals surface area contributed by atoms with Crippen molar-refractivity contribution in [2.45, 2.75) is 44.9 Å². The number of piperidine rings is 1. The van der Waals surface area contributed by atoms with E-state index in [2.05, 4.69) is 16.2 Å². The van der Waals surface area contributed by atoms with Crippen molar-refractivity contribution in [3.05, 3.63) is 53.6 Å². The highest BCUT2D eigenvalue weighted by atomic mass is 19.1. The van der Waals surface area contributed by atoms with Crippen molar-refractivity contribution < 1.29 is 9.50 Å². The largest absolute Gasteiger partial charge is 0.387 e. The number of hydrogen-bond donors (Lipinski definition) is 1. The first-order valence-corrected chi connectivity index (χ1v) is 8.28. The average molecular weight is 317 g/mol. The van der Waals surface area contributed by atoms with Crippen molar-refractivity contribution in [2.24, 2.45) is 0 Å². The summed E-state index contributed by atoms with van der Waals surface area (Å²) < 4.78 is 15.0. The van der Waals surface area contributed by atoms with Crippen LogP contribution in [0.15, 0.2) is 36.7 Å². The van der Waals surface area contributed by atoms with Crippen molar-refractivity contribution >= 4 is 0 Å². The Morgan fingerprint density at radius 2 is 2.09 bits per heavy atom. The van der Waals surface area contributed by atoms with Crippen LogP contribution in [-0.2, 0) is 6.54 Å². The van der Waals surface area contributed by atoms with Gasteiger partial charge in [-0.25, -0.2) is 4.39 Å². The molecule has 1 aliphatic heterocycles. The zero-order valence-corrected chi connectivity index (χ0v) is 13.5. The minimum absolute atomic E-state index is 0.272. The van der Waals surface area contributed by atoms with Gasteiger partial charge in [0.25, 0.3) is 0 Å². The molecule has 1 aromatic heterocycles. The first kappa shape index (κ1) is 16.1. The highest BCUT2D eigenvalue weighted by molar-refractivity contribution is 5.18. The maximum absolute atomic E-state index is 13.0. The number of aromatic nitrogens is 2. The van der Waals surface area contributed by atoms with E-state index in [1.165, 1.54) is 24.1 Å². The van der Waals surface area contributed by atoms with Crippen LogP contribution in [0.4, 0.5) is 4.39 Å². The molecule has 1 saturated heterocycles. The number of likely N-dealkylation sites (tertiary alicyclic amines) is 1. The molecule has 1 fully saturated rings. The van der Waals surface area contributed by atoms with Gasteiger partial charge in [0.15, 0.2) is 0 Å². The van der Waals surface area contributed by atoms with Crippen molar-refractivity contribution in [3.63, 3.8) is 0 Å². The molecule has 1 aromatic carbocycles. The van der Waals surface area contributed by atoms with Crippen molar-refractivity contribution in [1.29, 1.82) is 0 Å². The fraction of sp³-hybridized carbons (Fsp3) is 0.500. The molecule has 2 heterocycles. The summed E-state index contributed by atoms with van der Waals surface area (Å²) in [6.45, 7) is 4.46. The van der Waals surface area contributed by atoms with Crippen LogP contribution in [-0.4, -0.2) is 38.9 Å². The molecule has 124 valence electrons. The molecule has 0 amide bonds. The van der Waals surface area contributed by atoms with Gasteiger partial charge in [0.05, 0.1) is 18.8 Å². The molecule has 1 N–H and O–H groups in total. The molecule has 2 atom stereocenters. The molecule has 0 saturated carbocycles. The zero-order chi connectivity index (χ0) is 16.2. The summed E-state index contributed by atoms with van der Waals surface area (Å²) in [7, 11) is 0.